The van der Waals surface area contributed by atoms with Gasteiger partial charge in [-0.2, -0.15) is 5.10 Å². The minimum absolute atomic E-state index is 0.137. The van der Waals surface area contributed by atoms with Crippen molar-refractivity contribution in [3.63, 3.8) is 0 Å². The first-order valence-electron chi connectivity index (χ1n) is 4.87. The van der Waals surface area contributed by atoms with E-state index in [0.717, 1.165) is 0 Å². The molecule has 1 aromatic heterocycles. The van der Waals surface area contributed by atoms with E-state index in [2.05, 4.69) is 20.2 Å². The lowest BCUT2D eigenvalue weighted by molar-refractivity contribution is 0.0509. The van der Waals surface area contributed by atoms with E-state index < -0.39 is 5.97 Å². The van der Waals surface area contributed by atoms with Crippen molar-refractivity contribution in [1.29, 1.82) is 0 Å². The second-order valence-corrected chi connectivity index (χ2v) is 3.19. The molecule has 0 bridgehead atoms. The molecule has 0 saturated heterocycles. The molecule has 0 atom stereocenters. The molecule has 0 unspecified atom stereocenters. The minimum Gasteiger partial charge on any atom is -0.380 e. The zero-order valence-electron chi connectivity index (χ0n) is 8.83. The Hall–Kier alpha value is -2.63. The number of aromatic nitrogens is 2. The van der Waals surface area contributed by atoms with Crippen LogP contribution in [0.15, 0.2) is 47.8 Å². The van der Waals surface area contributed by atoms with Gasteiger partial charge in [-0.1, -0.05) is 35.5 Å². The lowest BCUT2D eigenvalue weighted by atomic mass is 10.2. The van der Waals surface area contributed by atoms with Crippen LogP contribution in [0.2, 0.25) is 0 Å². The molecule has 3 N–H and O–H groups in total. The van der Waals surface area contributed by atoms with Crippen LogP contribution in [0.4, 0.5) is 0 Å². The zero-order chi connectivity index (χ0) is 12.1. The van der Waals surface area contributed by atoms with Crippen LogP contribution in [0.1, 0.15) is 16.1 Å². The van der Waals surface area contributed by atoms with Crippen molar-refractivity contribution in [2.24, 2.45) is 10.9 Å². The Labute approximate surface area is 97.1 Å². The maximum absolute atomic E-state index is 11.4. The standard InChI is InChI=1S/C11H10N4O2/c12-10(8-4-2-1-3-5-8)15-17-11(16)9-6-7-13-14-9/h1-7H,(H2,12,15)(H,13,14). The van der Waals surface area contributed by atoms with Crippen molar-refractivity contribution in [2.75, 3.05) is 0 Å². The van der Waals surface area contributed by atoms with Crippen LogP contribution in [-0.4, -0.2) is 22.0 Å². The van der Waals surface area contributed by atoms with E-state index in [1.807, 2.05) is 18.2 Å². The molecular weight excluding hydrogens is 220 g/mol. The van der Waals surface area contributed by atoms with Gasteiger partial charge >= 0.3 is 5.97 Å². The molecule has 17 heavy (non-hydrogen) atoms. The molecule has 0 saturated carbocycles. The smallest absolute Gasteiger partial charge is 0.380 e. The third-order valence-electron chi connectivity index (χ3n) is 2.02. The molecule has 86 valence electrons. The summed E-state index contributed by atoms with van der Waals surface area (Å²) in [5.41, 5.74) is 6.55. The summed E-state index contributed by atoms with van der Waals surface area (Å²) in [5, 5.41) is 9.64. The van der Waals surface area contributed by atoms with Crippen molar-refractivity contribution in [2.45, 2.75) is 0 Å². The van der Waals surface area contributed by atoms with Crippen molar-refractivity contribution in [3.05, 3.63) is 53.9 Å². The summed E-state index contributed by atoms with van der Waals surface area (Å²) in [6.45, 7) is 0. The number of amidine groups is 1. The summed E-state index contributed by atoms with van der Waals surface area (Å²) in [6.07, 6.45) is 1.45. The van der Waals surface area contributed by atoms with Gasteiger partial charge in [-0.05, 0) is 6.07 Å². The monoisotopic (exact) mass is 230 g/mol. The van der Waals surface area contributed by atoms with E-state index >= 15 is 0 Å². The molecule has 0 fully saturated rings. The van der Waals surface area contributed by atoms with E-state index in [1.54, 1.807) is 12.1 Å². The van der Waals surface area contributed by atoms with Crippen LogP contribution in [0, 0.1) is 0 Å². The number of benzene rings is 1. The van der Waals surface area contributed by atoms with Crippen LogP contribution in [0.3, 0.4) is 0 Å². The number of carbonyl (C=O) groups is 1. The van der Waals surface area contributed by atoms with Gasteiger partial charge in [0, 0.05) is 11.8 Å². The number of H-pyrrole nitrogens is 1. The van der Waals surface area contributed by atoms with Crippen molar-refractivity contribution in [3.8, 4) is 0 Å². The van der Waals surface area contributed by atoms with Gasteiger partial charge in [-0.25, -0.2) is 4.79 Å². The van der Waals surface area contributed by atoms with E-state index in [4.69, 9.17) is 5.73 Å². The van der Waals surface area contributed by atoms with Gasteiger partial charge < -0.3 is 10.6 Å². The van der Waals surface area contributed by atoms with E-state index in [1.165, 1.54) is 12.3 Å². The average molecular weight is 230 g/mol. The number of carbonyl (C=O) groups excluding carboxylic acids is 1. The number of nitrogens with one attached hydrogen (secondary N) is 1. The zero-order valence-corrected chi connectivity index (χ0v) is 8.83. The summed E-state index contributed by atoms with van der Waals surface area (Å²) in [4.78, 5) is 16.0. The van der Waals surface area contributed by atoms with Crippen LogP contribution in [0.25, 0.3) is 0 Å². The number of aromatic amines is 1. The van der Waals surface area contributed by atoms with Gasteiger partial charge in [0.15, 0.2) is 5.84 Å². The molecule has 0 spiro atoms. The number of nitrogens with two attached hydrogens (primary N) is 1. The summed E-state index contributed by atoms with van der Waals surface area (Å²) < 4.78 is 0. The Balaban J connectivity index is 2.04. The highest BCUT2D eigenvalue weighted by atomic mass is 16.7. The molecule has 1 heterocycles. The third kappa shape index (κ3) is 2.69. The Morgan fingerprint density at radius 2 is 2.06 bits per heavy atom. The summed E-state index contributed by atoms with van der Waals surface area (Å²) in [5.74, 6) is -0.500. The van der Waals surface area contributed by atoms with Gasteiger partial charge in [-0.3, -0.25) is 5.10 Å². The van der Waals surface area contributed by atoms with Gasteiger partial charge in [0.2, 0.25) is 0 Å². The summed E-state index contributed by atoms with van der Waals surface area (Å²) in [6, 6.07) is 10.5. The number of rotatable bonds is 3. The van der Waals surface area contributed by atoms with Gasteiger partial charge in [-0.15, -0.1) is 0 Å². The van der Waals surface area contributed by atoms with Crippen molar-refractivity contribution in [1.82, 2.24) is 10.2 Å². The predicted octanol–water partition coefficient (Wildman–Crippen LogP) is 0.887. The average Bonchev–Trinajstić information content (AvgIpc) is 2.90. The maximum atomic E-state index is 11.4. The Kier molecular flexibility index (Phi) is 3.15. The second kappa shape index (κ2) is 4.93. The minimum atomic E-state index is -0.638. The molecule has 2 rings (SSSR count). The quantitative estimate of drug-likeness (QED) is 0.354. The number of nitrogens with zero attached hydrogens (tertiary/aromatic N) is 2. The molecule has 0 aliphatic heterocycles. The van der Waals surface area contributed by atoms with Crippen LogP contribution in [0.5, 0.6) is 0 Å². The van der Waals surface area contributed by atoms with Crippen molar-refractivity contribution >= 4 is 11.8 Å². The predicted molar refractivity (Wildman–Crippen MR) is 61.2 cm³/mol. The molecule has 0 aliphatic carbocycles. The normalized spacial score (nSPS) is 11.2. The maximum Gasteiger partial charge on any atom is 0.383 e. The van der Waals surface area contributed by atoms with Crippen LogP contribution in [-0.2, 0) is 4.84 Å². The molecular formula is C11H10N4O2. The first-order chi connectivity index (χ1) is 8.27. The topological polar surface area (TPSA) is 93.4 Å². The fraction of sp³-hybridized carbons (Fsp3) is 0. The fourth-order valence-electron chi connectivity index (χ4n) is 1.17. The highest BCUT2D eigenvalue weighted by Gasteiger charge is 2.08. The lowest BCUT2D eigenvalue weighted by Crippen LogP contribution is -2.15. The fourth-order valence-corrected chi connectivity index (χ4v) is 1.17. The first-order valence-corrected chi connectivity index (χ1v) is 4.87. The van der Waals surface area contributed by atoms with E-state index in [9.17, 15) is 4.79 Å². The molecule has 6 heteroatoms. The highest BCUT2D eigenvalue weighted by molar-refractivity contribution is 5.97. The van der Waals surface area contributed by atoms with Gasteiger partial charge in [0.1, 0.15) is 5.69 Å². The number of hydrogen-bond acceptors (Lipinski definition) is 4. The van der Waals surface area contributed by atoms with Gasteiger partial charge in [0.05, 0.1) is 0 Å². The Morgan fingerprint density at radius 1 is 1.29 bits per heavy atom. The molecule has 2 aromatic rings. The summed E-state index contributed by atoms with van der Waals surface area (Å²) in [7, 11) is 0. The SMILES string of the molecule is N/C(=N\OC(=O)c1ccn[nH]1)c1ccccc1. The first kappa shape index (κ1) is 10.9. The van der Waals surface area contributed by atoms with Crippen molar-refractivity contribution < 1.29 is 9.63 Å². The Bertz CT molecular complexity index is 520. The van der Waals surface area contributed by atoms with Crippen LogP contribution >= 0.6 is 0 Å². The molecule has 0 radical (unpaired) electrons. The summed E-state index contributed by atoms with van der Waals surface area (Å²) >= 11 is 0. The molecule has 0 amide bonds. The molecule has 1 aromatic carbocycles. The van der Waals surface area contributed by atoms with E-state index in [-0.39, 0.29) is 11.5 Å². The number of oxime groups is 1. The highest BCUT2D eigenvalue weighted by Crippen LogP contribution is 2.00. The second-order valence-electron chi connectivity index (χ2n) is 3.19. The van der Waals surface area contributed by atoms with E-state index in [0.29, 0.717) is 5.56 Å². The number of hydrogen-bond donors (Lipinski definition) is 2. The van der Waals surface area contributed by atoms with Gasteiger partial charge in [0.25, 0.3) is 0 Å². The Morgan fingerprint density at radius 3 is 2.71 bits per heavy atom. The third-order valence-corrected chi connectivity index (χ3v) is 2.02. The molecule has 0 aliphatic rings. The lowest BCUT2D eigenvalue weighted by Gasteiger charge is -1.99. The molecule has 6 nitrogen and oxygen atoms in total. The largest absolute Gasteiger partial charge is 0.383 e. The van der Waals surface area contributed by atoms with Crippen LogP contribution < -0.4 is 5.73 Å².